The van der Waals surface area contributed by atoms with Crippen LogP contribution in [-0.4, -0.2) is 77.3 Å². The number of amides is 2. The van der Waals surface area contributed by atoms with E-state index in [1.807, 2.05) is 10.9 Å². The molecule has 1 aromatic heterocycles. The molecule has 1 N–H and O–H groups in total. The maximum Gasteiger partial charge on any atom is 0.255 e. The van der Waals surface area contributed by atoms with Crippen molar-refractivity contribution in [2.75, 3.05) is 39.2 Å². The number of benzene rings is 1. The van der Waals surface area contributed by atoms with Crippen LogP contribution in [0.4, 0.5) is 10.1 Å². The number of anilines is 1. The molecule has 1 saturated heterocycles. The number of likely N-dealkylation sites (N-methyl/N-ethyl adjacent to an activating group) is 1. The second kappa shape index (κ2) is 10.4. The standard InChI is InChI=1S/C24H32FN5O3/c1-28(2)23(31)16-33-15-22-11-21(14-29(22)20-8-3-4-9-20)30-13-19(12-26-30)27-24(32)17-6-5-7-18(25)10-17/h5-7,10,12-13,20-22H,3-4,8-9,11,14-16H2,1-2H3,(H,27,32)/t21-,22-/m0/s1. The molecule has 2 atom stereocenters. The second-order valence-corrected chi connectivity index (χ2v) is 9.16. The Labute approximate surface area is 193 Å². The van der Waals surface area contributed by atoms with Gasteiger partial charge in [0.15, 0.2) is 0 Å². The van der Waals surface area contributed by atoms with Gasteiger partial charge in [-0.15, -0.1) is 0 Å². The van der Waals surface area contributed by atoms with Crippen LogP contribution in [0.25, 0.3) is 0 Å². The zero-order valence-electron chi connectivity index (χ0n) is 19.2. The lowest BCUT2D eigenvalue weighted by molar-refractivity contribution is -0.134. The summed E-state index contributed by atoms with van der Waals surface area (Å²) < 4.78 is 21.1. The number of hydrogen-bond acceptors (Lipinski definition) is 5. The molecule has 0 bridgehead atoms. The van der Waals surface area contributed by atoms with Gasteiger partial charge >= 0.3 is 0 Å². The van der Waals surface area contributed by atoms with Crippen molar-refractivity contribution in [1.82, 2.24) is 19.6 Å². The molecule has 2 heterocycles. The van der Waals surface area contributed by atoms with Crippen LogP contribution in [0.2, 0.25) is 0 Å². The van der Waals surface area contributed by atoms with Gasteiger partial charge in [0.05, 0.1) is 24.5 Å². The maximum atomic E-state index is 13.4. The lowest BCUT2D eigenvalue weighted by Gasteiger charge is -2.30. The number of rotatable bonds is 8. The van der Waals surface area contributed by atoms with Crippen LogP contribution in [0.1, 0.15) is 48.5 Å². The number of carbonyl (C=O) groups excluding carboxylic acids is 2. The predicted octanol–water partition coefficient (Wildman–Crippen LogP) is 2.94. The number of ether oxygens (including phenoxy) is 1. The normalized spacial score (nSPS) is 21.4. The van der Waals surface area contributed by atoms with E-state index in [4.69, 9.17) is 4.74 Å². The van der Waals surface area contributed by atoms with Crippen LogP contribution in [0, 0.1) is 5.82 Å². The Bertz CT molecular complexity index is 973. The minimum Gasteiger partial charge on any atom is -0.370 e. The molecular weight excluding hydrogens is 425 g/mol. The molecule has 4 rings (SSSR count). The molecule has 178 valence electrons. The predicted molar refractivity (Wildman–Crippen MR) is 122 cm³/mol. The van der Waals surface area contributed by atoms with Gasteiger partial charge in [-0.3, -0.25) is 19.2 Å². The molecule has 2 aliphatic rings. The van der Waals surface area contributed by atoms with Crippen molar-refractivity contribution >= 4 is 17.5 Å². The number of nitrogens with zero attached hydrogens (tertiary/aromatic N) is 4. The molecule has 33 heavy (non-hydrogen) atoms. The third-order valence-corrected chi connectivity index (χ3v) is 6.58. The summed E-state index contributed by atoms with van der Waals surface area (Å²) in [5, 5.41) is 7.28. The van der Waals surface area contributed by atoms with E-state index >= 15 is 0 Å². The van der Waals surface area contributed by atoms with E-state index in [-0.39, 0.29) is 36.1 Å². The molecule has 1 saturated carbocycles. The molecule has 1 aliphatic carbocycles. The van der Waals surface area contributed by atoms with Gasteiger partial charge in [-0.25, -0.2) is 4.39 Å². The zero-order valence-corrected chi connectivity index (χ0v) is 19.2. The van der Waals surface area contributed by atoms with Crippen molar-refractivity contribution < 1.29 is 18.7 Å². The fraction of sp³-hybridized carbons (Fsp3) is 0.542. The molecule has 0 unspecified atom stereocenters. The molecule has 2 amide bonds. The Morgan fingerprint density at radius 3 is 2.76 bits per heavy atom. The number of hydrogen-bond donors (Lipinski definition) is 1. The van der Waals surface area contributed by atoms with Gasteiger partial charge < -0.3 is 15.0 Å². The Hall–Kier alpha value is -2.78. The highest BCUT2D eigenvalue weighted by Crippen LogP contribution is 2.35. The van der Waals surface area contributed by atoms with Crippen molar-refractivity contribution in [3.63, 3.8) is 0 Å². The van der Waals surface area contributed by atoms with E-state index < -0.39 is 5.82 Å². The quantitative estimate of drug-likeness (QED) is 0.659. The summed E-state index contributed by atoms with van der Waals surface area (Å²) >= 11 is 0. The van der Waals surface area contributed by atoms with Crippen LogP contribution in [0.15, 0.2) is 36.7 Å². The van der Waals surface area contributed by atoms with Crippen molar-refractivity contribution in [3.05, 3.63) is 48.0 Å². The Balaban J connectivity index is 1.39. The summed E-state index contributed by atoms with van der Waals surface area (Å²) in [4.78, 5) is 28.4. The number of aromatic nitrogens is 2. The third-order valence-electron chi connectivity index (χ3n) is 6.58. The summed E-state index contributed by atoms with van der Waals surface area (Å²) in [6, 6.07) is 6.52. The molecule has 2 fully saturated rings. The number of likely N-dealkylation sites (tertiary alicyclic amines) is 1. The van der Waals surface area contributed by atoms with Gasteiger partial charge in [0.1, 0.15) is 12.4 Å². The Morgan fingerprint density at radius 1 is 1.24 bits per heavy atom. The van der Waals surface area contributed by atoms with E-state index in [1.165, 1.54) is 48.8 Å². The summed E-state index contributed by atoms with van der Waals surface area (Å²) in [6.45, 7) is 1.46. The number of nitrogens with one attached hydrogen (secondary N) is 1. The molecule has 1 aliphatic heterocycles. The van der Waals surface area contributed by atoms with Crippen molar-refractivity contribution in [2.45, 2.75) is 50.2 Å². The largest absolute Gasteiger partial charge is 0.370 e. The van der Waals surface area contributed by atoms with E-state index in [0.29, 0.717) is 18.3 Å². The van der Waals surface area contributed by atoms with Gasteiger partial charge in [0, 0.05) is 44.5 Å². The average molecular weight is 458 g/mol. The van der Waals surface area contributed by atoms with Crippen molar-refractivity contribution in [1.29, 1.82) is 0 Å². The minimum absolute atomic E-state index is 0.0391. The Kier molecular flexibility index (Phi) is 7.39. The molecule has 0 spiro atoms. The first kappa shape index (κ1) is 23.4. The van der Waals surface area contributed by atoms with Crippen molar-refractivity contribution in [3.8, 4) is 0 Å². The molecule has 8 nitrogen and oxygen atoms in total. The highest BCUT2D eigenvalue weighted by atomic mass is 19.1. The summed E-state index contributed by atoms with van der Waals surface area (Å²) in [5.41, 5.74) is 0.841. The third kappa shape index (κ3) is 5.78. The Morgan fingerprint density at radius 2 is 2.03 bits per heavy atom. The maximum absolute atomic E-state index is 13.4. The average Bonchev–Trinajstić information content (AvgIpc) is 3.54. The van der Waals surface area contributed by atoms with Crippen LogP contribution >= 0.6 is 0 Å². The zero-order chi connectivity index (χ0) is 23.4. The van der Waals surface area contributed by atoms with E-state index in [9.17, 15) is 14.0 Å². The first-order valence-electron chi connectivity index (χ1n) is 11.6. The lowest BCUT2D eigenvalue weighted by atomic mass is 10.1. The van der Waals surface area contributed by atoms with Gasteiger partial charge in [0.25, 0.3) is 5.91 Å². The van der Waals surface area contributed by atoms with Crippen LogP contribution < -0.4 is 5.32 Å². The number of halogens is 1. The van der Waals surface area contributed by atoms with E-state index in [0.717, 1.165) is 13.0 Å². The highest BCUT2D eigenvalue weighted by molar-refractivity contribution is 6.04. The smallest absolute Gasteiger partial charge is 0.255 e. The lowest BCUT2D eigenvalue weighted by Crippen LogP contribution is -2.40. The van der Waals surface area contributed by atoms with Crippen LogP contribution in [0.5, 0.6) is 0 Å². The van der Waals surface area contributed by atoms with Gasteiger partial charge in [-0.1, -0.05) is 18.9 Å². The molecule has 9 heteroatoms. The summed E-state index contributed by atoms with van der Waals surface area (Å²) in [6.07, 6.45) is 9.19. The SMILES string of the molecule is CN(C)C(=O)COC[C@@H]1C[C@H](n2cc(NC(=O)c3cccc(F)c3)cn2)CN1C1CCCC1. The molecule has 2 aromatic rings. The van der Waals surface area contributed by atoms with Crippen molar-refractivity contribution in [2.24, 2.45) is 0 Å². The number of carbonyl (C=O) groups is 2. The van der Waals surface area contributed by atoms with Gasteiger partial charge in [-0.2, -0.15) is 5.10 Å². The van der Waals surface area contributed by atoms with E-state index in [2.05, 4.69) is 15.3 Å². The van der Waals surface area contributed by atoms with E-state index in [1.54, 1.807) is 26.4 Å². The second-order valence-electron chi connectivity index (χ2n) is 9.16. The fourth-order valence-electron chi connectivity index (χ4n) is 4.80. The molecular formula is C24H32FN5O3. The molecule has 1 aromatic carbocycles. The fourth-order valence-corrected chi connectivity index (χ4v) is 4.80. The molecule has 0 radical (unpaired) electrons. The first-order chi connectivity index (χ1) is 15.9. The topological polar surface area (TPSA) is 79.7 Å². The van der Waals surface area contributed by atoms with Gasteiger partial charge in [-0.05, 0) is 37.5 Å². The van der Waals surface area contributed by atoms with Crippen LogP contribution in [0.3, 0.4) is 0 Å². The summed E-state index contributed by atoms with van der Waals surface area (Å²) in [7, 11) is 3.45. The van der Waals surface area contributed by atoms with Crippen LogP contribution in [-0.2, 0) is 9.53 Å². The highest BCUT2D eigenvalue weighted by Gasteiger charge is 2.38. The monoisotopic (exact) mass is 457 g/mol. The van der Waals surface area contributed by atoms with Gasteiger partial charge in [0.2, 0.25) is 5.91 Å². The summed E-state index contributed by atoms with van der Waals surface area (Å²) in [5.74, 6) is -0.857. The first-order valence-corrected chi connectivity index (χ1v) is 11.6. The minimum atomic E-state index is -0.447.